The van der Waals surface area contributed by atoms with Crippen molar-refractivity contribution < 1.29 is 14.0 Å². The largest absolute Gasteiger partial charge is 0.455 e. The summed E-state index contributed by atoms with van der Waals surface area (Å²) in [4.78, 5) is 9.58. The van der Waals surface area contributed by atoms with Gasteiger partial charge >= 0.3 is 0 Å². The van der Waals surface area contributed by atoms with Crippen molar-refractivity contribution in [1.82, 2.24) is 9.97 Å². The van der Waals surface area contributed by atoms with Crippen molar-refractivity contribution in [3.8, 4) is 66.9 Å². The van der Waals surface area contributed by atoms with Crippen molar-refractivity contribution in [2.24, 2.45) is 0 Å². The summed E-state index contributed by atoms with van der Waals surface area (Å²) in [5, 5.41) is 1.20. The number of benzene rings is 8. The molecule has 0 N–H and O–H groups in total. The van der Waals surface area contributed by atoms with Gasteiger partial charge in [0.25, 0.3) is 0 Å². The molecule has 0 spiro atoms. The fraction of sp³-hybridized carbons (Fsp3) is 0. The van der Waals surface area contributed by atoms with Gasteiger partial charge in [0.2, 0.25) is 0 Å². The van der Waals surface area contributed by atoms with Gasteiger partial charge in [-0.1, -0.05) is 158 Å². The topological polar surface area (TPSA) is 38.9 Å². The predicted molar refractivity (Wildman–Crippen MR) is 235 cm³/mol. The van der Waals surface area contributed by atoms with Gasteiger partial charge in [-0.3, -0.25) is 0 Å². The summed E-state index contributed by atoms with van der Waals surface area (Å²) in [5.41, 5.74) is 12.2. The maximum atomic E-state index is 8.85. The lowest BCUT2D eigenvalue weighted by Gasteiger charge is -2.08. The van der Waals surface area contributed by atoms with Gasteiger partial charge in [-0.15, -0.1) is 11.3 Å². The molecule has 0 amide bonds. The lowest BCUT2D eigenvalue weighted by Crippen LogP contribution is -1.87. The van der Waals surface area contributed by atoms with Gasteiger partial charge in [-0.2, -0.15) is 0 Å². The van der Waals surface area contributed by atoms with Crippen LogP contribution < -0.4 is 0 Å². The molecule has 0 aliphatic heterocycles. The van der Waals surface area contributed by atoms with E-state index < -0.39 is 12.1 Å². The molecule has 0 saturated heterocycles. The zero-order valence-electron chi connectivity index (χ0n) is 36.6. The van der Waals surface area contributed by atoms with Gasteiger partial charge in [-0.25, -0.2) is 9.97 Å². The molecule has 3 nitrogen and oxygen atoms in total. The fourth-order valence-corrected chi connectivity index (χ4v) is 8.68. The molecule has 262 valence electrons. The highest BCUT2D eigenvalue weighted by Crippen LogP contribution is 2.41. The molecule has 0 atom stereocenters. The zero-order valence-corrected chi connectivity index (χ0v) is 30.5. The van der Waals surface area contributed by atoms with Crippen LogP contribution in [0.4, 0.5) is 0 Å². The number of thiophene rings is 1. The Morgan fingerprint density at radius 1 is 0.446 bits per heavy atom. The molecule has 0 radical (unpaired) electrons. The molecule has 3 aromatic heterocycles. The first-order valence-electron chi connectivity index (χ1n) is 21.7. The Kier molecular flexibility index (Phi) is 6.13. The summed E-state index contributed by atoms with van der Waals surface area (Å²) >= 11 is 1.67. The Morgan fingerprint density at radius 2 is 1.02 bits per heavy atom. The van der Waals surface area contributed by atoms with E-state index in [1.165, 1.54) is 11.1 Å². The third-order valence-electron chi connectivity index (χ3n) is 10.4. The number of furan rings is 1. The Hall–Kier alpha value is -7.14. The summed E-state index contributed by atoms with van der Waals surface area (Å²) < 4.78 is 67.6. The zero-order chi connectivity index (χ0) is 43.1. The molecule has 0 bridgehead atoms. The van der Waals surface area contributed by atoms with E-state index in [-0.39, 0.29) is 57.7 Å². The summed E-state index contributed by atoms with van der Waals surface area (Å²) in [5.74, 6) is 0. The average molecular weight is 740 g/mol. The summed E-state index contributed by atoms with van der Waals surface area (Å²) in [6, 6.07) is 47.4. The summed E-state index contributed by atoms with van der Waals surface area (Å²) in [6.45, 7) is 0. The first-order valence-corrected chi connectivity index (χ1v) is 19.0. The lowest BCUT2D eigenvalue weighted by atomic mass is 9.96. The summed E-state index contributed by atoms with van der Waals surface area (Å²) in [7, 11) is 0. The number of aromatic nitrogens is 2. The van der Waals surface area contributed by atoms with Gasteiger partial charge in [0, 0.05) is 32.0 Å². The third-order valence-corrected chi connectivity index (χ3v) is 11.5. The molecule has 0 saturated carbocycles. The first kappa shape index (κ1) is 25.8. The Labute approximate surface area is 337 Å². The molecule has 3 heterocycles. The molecule has 0 aliphatic rings. The second kappa shape index (κ2) is 13.3. The molecule has 11 rings (SSSR count). The van der Waals surface area contributed by atoms with Crippen molar-refractivity contribution in [2.45, 2.75) is 0 Å². The third kappa shape index (κ3) is 5.58. The molecule has 0 unspecified atom stereocenters. The van der Waals surface area contributed by atoms with Crippen LogP contribution in [0.1, 0.15) is 9.60 Å². The lowest BCUT2D eigenvalue weighted by molar-refractivity contribution is 0.670. The molecule has 8 aromatic carbocycles. The molecule has 56 heavy (non-hydrogen) atoms. The van der Waals surface area contributed by atoms with Crippen LogP contribution in [-0.4, -0.2) is 9.97 Å². The van der Waals surface area contributed by atoms with Crippen molar-refractivity contribution in [2.75, 3.05) is 0 Å². The second-order valence-electron chi connectivity index (χ2n) is 13.7. The van der Waals surface area contributed by atoms with Crippen LogP contribution in [0.2, 0.25) is 0 Å². The number of nitrogens with zero attached hydrogens (tertiary/aromatic N) is 2. The van der Waals surface area contributed by atoms with E-state index in [1.54, 1.807) is 17.7 Å². The van der Waals surface area contributed by atoms with Crippen molar-refractivity contribution in [1.29, 1.82) is 0 Å². The molecular formula is C52H32N2OS. The smallest absolute Gasteiger partial charge is 0.143 e. The molecule has 4 heteroatoms. The monoisotopic (exact) mass is 739 g/mol. The maximum absolute atomic E-state index is 8.85. The fourth-order valence-electron chi connectivity index (χ4n) is 7.53. The second-order valence-corrected chi connectivity index (χ2v) is 14.7. The SMILES string of the molecule is [2H]c1c([2H])c([2H])c2c(oc3c(-c4ccc(-c5cccc(-c6ncnc7c6sc6ccc(-c8cccc(-c9ccc(-c%10ccccc%10)cc9)c8)cc67)c5)cc4)c([2H])c([2H])c([2H])c32)c1[2H]. The number of hydrogen-bond donors (Lipinski definition) is 0. The highest BCUT2D eigenvalue weighted by Gasteiger charge is 2.16. The van der Waals surface area contributed by atoms with E-state index in [0.717, 1.165) is 64.9 Å². The van der Waals surface area contributed by atoms with Crippen LogP contribution >= 0.6 is 11.3 Å². The van der Waals surface area contributed by atoms with E-state index in [4.69, 9.17) is 24.0 Å². The van der Waals surface area contributed by atoms with Crippen LogP contribution in [0.25, 0.3) is 109 Å². The van der Waals surface area contributed by atoms with Crippen LogP contribution in [0.3, 0.4) is 0 Å². The number of fused-ring (bicyclic) bond motifs is 6. The highest BCUT2D eigenvalue weighted by atomic mass is 32.1. The van der Waals surface area contributed by atoms with E-state index in [1.807, 2.05) is 48.5 Å². The van der Waals surface area contributed by atoms with Crippen LogP contribution in [0.15, 0.2) is 199 Å². The van der Waals surface area contributed by atoms with E-state index in [2.05, 4.69) is 97.1 Å². The number of para-hydroxylation sites is 2. The predicted octanol–water partition coefficient (Wildman–Crippen LogP) is 14.7. The normalized spacial score (nSPS) is 13.3. The van der Waals surface area contributed by atoms with Gasteiger partial charge in [-0.05, 0) is 80.4 Å². The van der Waals surface area contributed by atoms with Gasteiger partial charge < -0.3 is 4.42 Å². The van der Waals surface area contributed by atoms with Crippen molar-refractivity contribution in [3.05, 3.63) is 194 Å². The van der Waals surface area contributed by atoms with Crippen LogP contribution in [0.5, 0.6) is 0 Å². The molecule has 0 fully saturated rings. The quantitative estimate of drug-likeness (QED) is 0.170. The van der Waals surface area contributed by atoms with Gasteiger partial charge in [0.1, 0.15) is 17.5 Å². The summed E-state index contributed by atoms with van der Waals surface area (Å²) in [6.07, 6.45) is 1.63. The minimum absolute atomic E-state index is 0.0359. The average Bonchev–Trinajstić information content (AvgIpc) is 3.92. The molecule has 11 aromatic rings. The standard InChI is InChI=1S/C52H32N2OS/c1-2-9-33(10-3-1)34-19-21-35(22-20-34)38-11-6-13-40(29-38)41-27-28-48-46(31-41)50-52(56-48)49(53-32-54-50)42-14-7-12-39(30-42)36-23-25-37(26-24-36)43-16-8-17-45-44-15-4-5-18-47(44)55-51(43)45/h1-32H/i4D,5D,8D,15D,16D,17D,18D. The number of rotatable bonds is 6. The Bertz CT molecular complexity index is 3640. The Morgan fingerprint density at radius 3 is 1.79 bits per heavy atom. The number of hydrogen-bond acceptors (Lipinski definition) is 4. The molecular weight excluding hydrogens is 701 g/mol. The van der Waals surface area contributed by atoms with E-state index in [0.29, 0.717) is 5.56 Å². The minimum Gasteiger partial charge on any atom is -0.455 e. The van der Waals surface area contributed by atoms with Crippen LogP contribution in [-0.2, 0) is 0 Å². The van der Waals surface area contributed by atoms with Crippen LogP contribution in [0, 0.1) is 0 Å². The minimum atomic E-state index is -0.452. The highest BCUT2D eigenvalue weighted by molar-refractivity contribution is 7.26. The van der Waals surface area contributed by atoms with E-state index in [9.17, 15) is 0 Å². The van der Waals surface area contributed by atoms with Crippen molar-refractivity contribution >= 4 is 53.6 Å². The molecule has 0 aliphatic carbocycles. The first-order chi connectivity index (χ1) is 30.6. The van der Waals surface area contributed by atoms with Gasteiger partial charge in [0.15, 0.2) is 0 Å². The Balaban J connectivity index is 0.923. The van der Waals surface area contributed by atoms with Gasteiger partial charge in [0.05, 0.1) is 25.5 Å². The van der Waals surface area contributed by atoms with E-state index >= 15 is 0 Å². The maximum Gasteiger partial charge on any atom is 0.143 e. The van der Waals surface area contributed by atoms with Crippen molar-refractivity contribution in [3.63, 3.8) is 0 Å².